The third kappa shape index (κ3) is 2.64. The molecule has 1 saturated carbocycles. The Balaban J connectivity index is 2.05. The van der Waals surface area contributed by atoms with Crippen LogP contribution in [0.1, 0.15) is 25.7 Å². The van der Waals surface area contributed by atoms with E-state index in [0.717, 1.165) is 18.6 Å². The lowest BCUT2D eigenvalue weighted by molar-refractivity contribution is -0.147. The van der Waals surface area contributed by atoms with E-state index in [1.54, 1.807) is 7.05 Å². The van der Waals surface area contributed by atoms with Crippen molar-refractivity contribution in [2.45, 2.75) is 37.3 Å². The van der Waals surface area contributed by atoms with Gasteiger partial charge in [0, 0.05) is 6.42 Å². The van der Waals surface area contributed by atoms with Crippen molar-refractivity contribution in [3.8, 4) is 5.75 Å². The molecule has 0 heterocycles. The Labute approximate surface area is 107 Å². The van der Waals surface area contributed by atoms with Gasteiger partial charge in [-0.2, -0.15) is 0 Å². The number of aliphatic carboxylic acids is 1. The smallest absolute Gasteiger partial charge is 0.324 e. The molecule has 0 amide bonds. The minimum atomic E-state index is -0.836. The van der Waals surface area contributed by atoms with Crippen molar-refractivity contribution in [3.63, 3.8) is 0 Å². The second-order valence-electron chi connectivity index (χ2n) is 4.79. The number of carboxylic acid groups (broad SMARTS) is 1. The molecule has 1 aromatic carbocycles. The molecule has 0 bridgehead atoms. The van der Waals surface area contributed by atoms with Gasteiger partial charge in [0.05, 0.1) is 0 Å². The number of carbonyl (C=O) groups is 1. The maximum Gasteiger partial charge on any atom is 0.324 e. The van der Waals surface area contributed by atoms with Gasteiger partial charge in [0.15, 0.2) is 0 Å². The van der Waals surface area contributed by atoms with E-state index >= 15 is 0 Å². The number of hydrogen-bond acceptors (Lipinski definition) is 3. The first kappa shape index (κ1) is 12.9. The van der Waals surface area contributed by atoms with Crippen LogP contribution in [0.3, 0.4) is 0 Å². The molecular weight excluding hydrogens is 230 g/mol. The van der Waals surface area contributed by atoms with Crippen molar-refractivity contribution in [1.82, 2.24) is 5.32 Å². The largest absolute Gasteiger partial charge is 0.490 e. The predicted octanol–water partition coefficient (Wildman–Crippen LogP) is 2.05. The first-order valence-electron chi connectivity index (χ1n) is 6.30. The van der Waals surface area contributed by atoms with E-state index in [9.17, 15) is 9.90 Å². The molecule has 0 aromatic heterocycles. The molecule has 18 heavy (non-hydrogen) atoms. The molecule has 1 aliphatic carbocycles. The van der Waals surface area contributed by atoms with Gasteiger partial charge < -0.3 is 15.2 Å². The van der Waals surface area contributed by atoms with Gasteiger partial charge in [-0.15, -0.1) is 0 Å². The zero-order valence-electron chi connectivity index (χ0n) is 10.6. The predicted molar refractivity (Wildman–Crippen MR) is 68.8 cm³/mol. The van der Waals surface area contributed by atoms with E-state index < -0.39 is 11.5 Å². The van der Waals surface area contributed by atoms with Gasteiger partial charge in [-0.25, -0.2) is 0 Å². The van der Waals surface area contributed by atoms with Crippen LogP contribution in [-0.4, -0.2) is 29.8 Å². The van der Waals surface area contributed by atoms with Gasteiger partial charge in [-0.05, 0) is 38.4 Å². The maximum absolute atomic E-state index is 11.4. The summed E-state index contributed by atoms with van der Waals surface area (Å²) in [4.78, 5) is 11.4. The van der Waals surface area contributed by atoms with E-state index in [0.29, 0.717) is 12.8 Å². The fourth-order valence-corrected chi connectivity index (χ4v) is 2.54. The maximum atomic E-state index is 11.4. The SMILES string of the molecule is CNC1(C(=O)O)CCCC(Oc2ccccc2)C1. The van der Waals surface area contributed by atoms with Crippen molar-refractivity contribution in [1.29, 1.82) is 0 Å². The van der Waals surface area contributed by atoms with Crippen LogP contribution in [0.5, 0.6) is 5.75 Å². The summed E-state index contributed by atoms with van der Waals surface area (Å²) < 4.78 is 5.86. The first-order valence-corrected chi connectivity index (χ1v) is 6.30. The first-order chi connectivity index (χ1) is 8.66. The number of hydrogen-bond donors (Lipinski definition) is 2. The third-order valence-corrected chi connectivity index (χ3v) is 3.64. The lowest BCUT2D eigenvalue weighted by Crippen LogP contribution is -2.55. The van der Waals surface area contributed by atoms with Crippen molar-refractivity contribution in [2.75, 3.05) is 7.05 Å². The fourth-order valence-electron chi connectivity index (χ4n) is 2.54. The van der Waals surface area contributed by atoms with E-state index in [4.69, 9.17) is 4.74 Å². The second-order valence-corrected chi connectivity index (χ2v) is 4.79. The third-order valence-electron chi connectivity index (χ3n) is 3.64. The minimum Gasteiger partial charge on any atom is -0.490 e. The molecule has 1 aromatic rings. The summed E-state index contributed by atoms with van der Waals surface area (Å²) in [7, 11) is 1.71. The number of rotatable bonds is 4. The second kappa shape index (κ2) is 5.40. The van der Waals surface area contributed by atoms with Gasteiger partial charge in [-0.1, -0.05) is 18.2 Å². The molecular formula is C14H19NO3. The van der Waals surface area contributed by atoms with Crippen LogP contribution in [0.4, 0.5) is 0 Å². The van der Waals surface area contributed by atoms with Crippen LogP contribution in [0, 0.1) is 0 Å². The molecule has 1 fully saturated rings. The Morgan fingerprint density at radius 3 is 2.78 bits per heavy atom. The van der Waals surface area contributed by atoms with E-state index in [1.165, 1.54) is 0 Å². The molecule has 0 saturated heterocycles. The van der Waals surface area contributed by atoms with E-state index in [1.807, 2.05) is 30.3 Å². The fraction of sp³-hybridized carbons (Fsp3) is 0.500. The zero-order valence-corrected chi connectivity index (χ0v) is 10.6. The summed E-state index contributed by atoms with van der Waals surface area (Å²) in [6.07, 6.45) is 2.90. The molecule has 2 rings (SSSR count). The molecule has 2 unspecified atom stereocenters. The molecule has 4 nitrogen and oxygen atoms in total. The highest BCUT2D eigenvalue weighted by atomic mass is 16.5. The highest BCUT2D eigenvalue weighted by Gasteiger charge is 2.42. The van der Waals surface area contributed by atoms with Crippen LogP contribution in [0.2, 0.25) is 0 Å². The number of carboxylic acids is 1. The Kier molecular flexibility index (Phi) is 3.87. The van der Waals surface area contributed by atoms with Crippen LogP contribution in [0.25, 0.3) is 0 Å². The summed E-state index contributed by atoms with van der Waals surface area (Å²) >= 11 is 0. The van der Waals surface area contributed by atoms with Crippen LogP contribution in [0.15, 0.2) is 30.3 Å². The Morgan fingerprint density at radius 1 is 1.44 bits per heavy atom. The van der Waals surface area contributed by atoms with Crippen LogP contribution >= 0.6 is 0 Å². The molecule has 0 aliphatic heterocycles. The average molecular weight is 249 g/mol. The van der Waals surface area contributed by atoms with Gasteiger partial charge in [-0.3, -0.25) is 4.79 Å². The van der Waals surface area contributed by atoms with Gasteiger partial charge in [0.2, 0.25) is 0 Å². The molecule has 4 heteroatoms. The number of benzene rings is 1. The average Bonchev–Trinajstić information content (AvgIpc) is 2.40. The number of para-hydroxylation sites is 1. The van der Waals surface area contributed by atoms with Gasteiger partial charge >= 0.3 is 5.97 Å². The number of likely N-dealkylation sites (N-methyl/N-ethyl adjacent to an activating group) is 1. The van der Waals surface area contributed by atoms with Gasteiger partial charge in [0.25, 0.3) is 0 Å². The Morgan fingerprint density at radius 2 is 2.17 bits per heavy atom. The summed E-state index contributed by atoms with van der Waals surface area (Å²) in [5.74, 6) is 0.0196. The quantitative estimate of drug-likeness (QED) is 0.857. The molecule has 0 radical (unpaired) electrons. The normalized spacial score (nSPS) is 27.7. The standard InChI is InChI=1S/C14H19NO3/c1-15-14(13(16)17)9-5-8-12(10-14)18-11-6-3-2-4-7-11/h2-4,6-7,12,15H,5,8-10H2,1H3,(H,16,17). The molecule has 1 aliphatic rings. The Hall–Kier alpha value is -1.55. The summed E-state index contributed by atoms with van der Waals surface area (Å²) in [6.45, 7) is 0. The summed E-state index contributed by atoms with van der Waals surface area (Å²) in [5, 5.41) is 12.3. The highest BCUT2D eigenvalue weighted by Crippen LogP contribution is 2.31. The molecule has 0 spiro atoms. The highest BCUT2D eigenvalue weighted by molar-refractivity contribution is 5.79. The summed E-state index contributed by atoms with van der Waals surface area (Å²) in [5.41, 5.74) is -0.836. The monoisotopic (exact) mass is 249 g/mol. The van der Waals surface area contributed by atoms with Crippen molar-refractivity contribution in [2.24, 2.45) is 0 Å². The number of ether oxygens (including phenoxy) is 1. The van der Waals surface area contributed by atoms with E-state index in [2.05, 4.69) is 5.32 Å². The van der Waals surface area contributed by atoms with Crippen molar-refractivity contribution < 1.29 is 14.6 Å². The van der Waals surface area contributed by atoms with Gasteiger partial charge in [0.1, 0.15) is 17.4 Å². The van der Waals surface area contributed by atoms with Crippen LogP contribution < -0.4 is 10.1 Å². The zero-order chi connectivity index (χ0) is 13.0. The lowest BCUT2D eigenvalue weighted by Gasteiger charge is -2.37. The molecule has 2 N–H and O–H groups in total. The number of nitrogens with one attached hydrogen (secondary N) is 1. The molecule has 98 valence electrons. The van der Waals surface area contributed by atoms with Crippen LogP contribution in [-0.2, 0) is 4.79 Å². The van der Waals surface area contributed by atoms with Crippen molar-refractivity contribution >= 4 is 5.97 Å². The van der Waals surface area contributed by atoms with Crippen molar-refractivity contribution in [3.05, 3.63) is 30.3 Å². The topological polar surface area (TPSA) is 58.6 Å². The Bertz CT molecular complexity index is 407. The lowest BCUT2D eigenvalue weighted by atomic mass is 9.80. The minimum absolute atomic E-state index is 0.0373. The summed E-state index contributed by atoms with van der Waals surface area (Å²) in [6, 6.07) is 9.57. The van der Waals surface area contributed by atoms with E-state index in [-0.39, 0.29) is 6.10 Å². The molecule has 2 atom stereocenters.